The molecule has 0 bridgehead atoms. The van der Waals surface area contributed by atoms with Crippen molar-refractivity contribution >= 4 is 28.8 Å². The number of anilines is 1. The molecule has 0 radical (unpaired) electrons. The molecule has 26 heavy (non-hydrogen) atoms. The van der Waals surface area contributed by atoms with Crippen LogP contribution in [0.4, 0.5) is 5.69 Å². The summed E-state index contributed by atoms with van der Waals surface area (Å²) in [5.41, 5.74) is 2.22. The highest BCUT2D eigenvalue weighted by atomic mass is 32.1. The van der Waals surface area contributed by atoms with Crippen LogP contribution in [0.15, 0.2) is 29.6 Å². The second-order valence-corrected chi connectivity index (χ2v) is 8.09. The van der Waals surface area contributed by atoms with Gasteiger partial charge in [0.1, 0.15) is 5.69 Å². The number of carbonyl (C=O) groups is 2. The van der Waals surface area contributed by atoms with E-state index in [1.54, 1.807) is 0 Å². The second-order valence-electron chi connectivity index (χ2n) is 7.15. The highest BCUT2D eigenvalue weighted by Crippen LogP contribution is 2.19. The van der Waals surface area contributed by atoms with E-state index < -0.39 is 0 Å². The van der Waals surface area contributed by atoms with Crippen LogP contribution in [0, 0.1) is 5.92 Å². The van der Waals surface area contributed by atoms with Crippen molar-refractivity contribution in [2.75, 3.05) is 11.9 Å². The van der Waals surface area contributed by atoms with Gasteiger partial charge in [-0.25, -0.2) is 4.98 Å². The quantitative estimate of drug-likeness (QED) is 0.831. The number of likely N-dealkylation sites (tertiary alicyclic amines) is 1. The number of benzene rings is 1. The summed E-state index contributed by atoms with van der Waals surface area (Å²) in [6, 6.07) is 7.69. The molecule has 3 rings (SSSR count). The van der Waals surface area contributed by atoms with Gasteiger partial charge in [0, 0.05) is 37.0 Å². The number of hydrogen-bond donors (Lipinski definition) is 1. The molecule has 1 aliphatic rings. The van der Waals surface area contributed by atoms with E-state index in [9.17, 15) is 9.59 Å². The zero-order valence-electron chi connectivity index (χ0n) is 15.3. The Morgan fingerprint density at radius 3 is 2.96 bits per heavy atom. The lowest BCUT2D eigenvalue weighted by Gasteiger charge is -2.26. The monoisotopic (exact) mass is 371 g/mol. The molecule has 1 aliphatic heterocycles. The van der Waals surface area contributed by atoms with Gasteiger partial charge in [-0.15, -0.1) is 11.3 Å². The first-order valence-electron chi connectivity index (χ1n) is 9.14. The summed E-state index contributed by atoms with van der Waals surface area (Å²) in [6.07, 6.45) is 3.57. The highest BCUT2D eigenvalue weighted by molar-refractivity contribution is 7.09. The highest BCUT2D eigenvalue weighted by Gasteiger charge is 2.18. The van der Waals surface area contributed by atoms with E-state index >= 15 is 0 Å². The van der Waals surface area contributed by atoms with E-state index in [1.165, 1.54) is 11.3 Å². The van der Waals surface area contributed by atoms with Gasteiger partial charge in [-0.05, 0) is 36.5 Å². The number of thiazole rings is 1. The van der Waals surface area contributed by atoms with Crippen LogP contribution in [0.1, 0.15) is 54.2 Å². The standard InChI is InChI=1S/C20H25N3O2S/c1-14(2)10-18-22-17(13-26-18)20(25)21-16-7-5-6-15(11-16)12-23-9-4-3-8-19(23)24/h5-7,11,13-14H,3-4,8-10,12H2,1-2H3,(H,21,25). The van der Waals surface area contributed by atoms with Gasteiger partial charge in [0.05, 0.1) is 5.01 Å². The van der Waals surface area contributed by atoms with Crippen molar-refractivity contribution in [2.45, 2.75) is 46.1 Å². The van der Waals surface area contributed by atoms with Gasteiger partial charge in [0.15, 0.2) is 0 Å². The topological polar surface area (TPSA) is 62.3 Å². The molecule has 1 aromatic carbocycles. The lowest BCUT2D eigenvalue weighted by atomic mass is 10.1. The molecular weight excluding hydrogens is 346 g/mol. The Morgan fingerprint density at radius 2 is 2.19 bits per heavy atom. The van der Waals surface area contributed by atoms with Crippen molar-refractivity contribution in [2.24, 2.45) is 5.92 Å². The van der Waals surface area contributed by atoms with Crippen LogP contribution in [0.3, 0.4) is 0 Å². The third kappa shape index (κ3) is 4.91. The zero-order valence-corrected chi connectivity index (χ0v) is 16.1. The van der Waals surface area contributed by atoms with Gasteiger partial charge in [-0.1, -0.05) is 26.0 Å². The fraction of sp³-hybridized carbons (Fsp3) is 0.450. The molecule has 0 aliphatic carbocycles. The van der Waals surface area contributed by atoms with Gasteiger partial charge in [0.25, 0.3) is 5.91 Å². The first-order valence-corrected chi connectivity index (χ1v) is 10.0. The number of piperidine rings is 1. The van der Waals surface area contributed by atoms with E-state index in [0.717, 1.165) is 42.1 Å². The molecule has 1 saturated heterocycles. The number of carbonyl (C=O) groups excluding carboxylic acids is 2. The summed E-state index contributed by atoms with van der Waals surface area (Å²) in [6.45, 7) is 5.68. The summed E-state index contributed by atoms with van der Waals surface area (Å²) in [4.78, 5) is 30.7. The zero-order chi connectivity index (χ0) is 18.5. The van der Waals surface area contributed by atoms with E-state index in [1.807, 2.05) is 34.5 Å². The summed E-state index contributed by atoms with van der Waals surface area (Å²) in [5, 5.41) is 5.71. The Hall–Kier alpha value is -2.21. The number of aromatic nitrogens is 1. The SMILES string of the molecule is CC(C)Cc1nc(C(=O)Nc2cccc(CN3CCCCC3=O)c2)cs1. The first-order chi connectivity index (χ1) is 12.5. The number of nitrogens with one attached hydrogen (secondary N) is 1. The van der Waals surface area contributed by atoms with E-state index in [0.29, 0.717) is 24.6 Å². The molecule has 2 amide bonds. The molecule has 0 spiro atoms. The molecule has 1 aromatic heterocycles. The Kier molecular flexibility index (Phi) is 6.04. The third-order valence-corrected chi connectivity index (χ3v) is 5.22. The fourth-order valence-electron chi connectivity index (χ4n) is 3.05. The second kappa shape index (κ2) is 8.45. The molecule has 138 valence electrons. The Bertz CT molecular complexity index is 785. The van der Waals surface area contributed by atoms with Gasteiger partial charge < -0.3 is 10.2 Å². The van der Waals surface area contributed by atoms with Crippen LogP contribution in [0.5, 0.6) is 0 Å². The summed E-state index contributed by atoms with van der Waals surface area (Å²) >= 11 is 1.53. The summed E-state index contributed by atoms with van der Waals surface area (Å²) < 4.78 is 0. The minimum absolute atomic E-state index is 0.192. The van der Waals surface area contributed by atoms with E-state index in [-0.39, 0.29) is 11.8 Å². The van der Waals surface area contributed by atoms with Crippen molar-refractivity contribution in [1.29, 1.82) is 0 Å². The number of rotatable bonds is 6. The van der Waals surface area contributed by atoms with Crippen LogP contribution >= 0.6 is 11.3 Å². The molecule has 0 unspecified atom stereocenters. The average Bonchev–Trinajstić information content (AvgIpc) is 3.05. The molecular formula is C20H25N3O2S. The molecule has 1 fully saturated rings. The molecule has 0 saturated carbocycles. The summed E-state index contributed by atoms with van der Waals surface area (Å²) in [5.74, 6) is 0.541. The van der Waals surface area contributed by atoms with Gasteiger partial charge in [-0.2, -0.15) is 0 Å². The van der Waals surface area contributed by atoms with Crippen molar-refractivity contribution in [3.8, 4) is 0 Å². The molecule has 5 nitrogen and oxygen atoms in total. The normalized spacial score (nSPS) is 14.7. The molecule has 1 N–H and O–H groups in total. The average molecular weight is 372 g/mol. The van der Waals surface area contributed by atoms with Crippen LogP contribution < -0.4 is 5.32 Å². The fourth-order valence-corrected chi connectivity index (χ4v) is 4.04. The predicted molar refractivity (Wildman–Crippen MR) is 104 cm³/mol. The lowest BCUT2D eigenvalue weighted by Crippen LogP contribution is -2.34. The number of hydrogen-bond acceptors (Lipinski definition) is 4. The first kappa shape index (κ1) is 18.6. The number of nitrogens with zero attached hydrogens (tertiary/aromatic N) is 2. The van der Waals surface area contributed by atoms with Crippen molar-refractivity contribution in [3.05, 3.63) is 45.9 Å². The molecule has 0 atom stereocenters. The van der Waals surface area contributed by atoms with Gasteiger partial charge in [0.2, 0.25) is 5.91 Å². The maximum Gasteiger partial charge on any atom is 0.275 e. The van der Waals surface area contributed by atoms with Crippen LogP contribution in [-0.4, -0.2) is 28.2 Å². The minimum Gasteiger partial charge on any atom is -0.338 e. The van der Waals surface area contributed by atoms with Crippen molar-refractivity contribution < 1.29 is 9.59 Å². The van der Waals surface area contributed by atoms with Crippen LogP contribution in [-0.2, 0) is 17.8 Å². The summed E-state index contributed by atoms with van der Waals surface area (Å²) in [7, 11) is 0. The smallest absolute Gasteiger partial charge is 0.275 e. The maximum atomic E-state index is 12.4. The van der Waals surface area contributed by atoms with Crippen molar-refractivity contribution in [1.82, 2.24) is 9.88 Å². The van der Waals surface area contributed by atoms with E-state index in [4.69, 9.17) is 0 Å². The molecule has 6 heteroatoms. The minimum atomic E-state index is -0.192. The van der Waals surface area contributed by atoms with Gasteiger partial charge in [-0.3, -0.25) is 9.59 Å². The number of amides is 2. The Balaban J connectivity index is 1.63. The van der Waals surface area contributed by atoms with E-state index in [2.05, 4.69) is 24.1 Å². The Labute approximate surface area is 158 Å². The molecule has 2 heterocycles. The maximum absolute atomic E-state index is 12.4. The Morgan fingerprint density at radius 1 is 1.35 bits per heavy atom. The molecule has 2 aromatic rings. The third-order valence-electron chi connectivity index (χ3n) is 4.35. The van der Waals surface area contributed by atoms with Crippen LogP contribution in [0.25, 0.3) is 0 Å². The van der Waals surface area contributed by atoms with Crippen molar-refractivity contribution in [3.63, 3.8) is 0 Å². The van der Waals surface area contributed by atoms with Crippen LogP contribution in [0.2, 0.25) is 0 Å². The predicted octanol–water partition coefficient (Wildman–Crippen LogP) is 4.11. The van der Waals surface area contributed by atoms with Gasteiger partial charge >= 0.3 is 0 Å². The lowest BCUT2D eigenvalue weighted by molar-refractivity contribution is -0.133. The largest absolute Gasteiger partial charge is 0.338 e.